The standard InChI is InChI=1S/C15H20ClFO2/c1-2-3-12-10-15(18,6-7-19-12)9-11-4-5-13(16)14(17)8-11/h4-5,8,12,18H,2-3,6-7,9-10H2,1H3. The second-order valence-corrected chi connectivity index (χ2v) is 5.79. The highest BCUT2D eigenvalue weighted by atomic mass is 35.5. The molecule has 0 aromatic heterocycles. The highest BCUT2D eigenvalue weighted by Crippen LogP contribution is 2.31. The molecule has 106 valence electrons. The molecule has 1 aromatic carbocycles. The summed E-state index contributed by atoms with van der Waals surface area (Å²) in [6, 6.07) is 4.72. The molecule has 1 saturated heterocycles. The molecule has 2 nitrogen and oxygen atoms in total. The van der Waals surface area contributed by atoms with E-state index in [9.17, 15) is 9.50 Å². The number of aliphatic hydroxyl groups is 1. The first kappa shape index (κ1) is 14.8. The Morgan fingerprint density at radius 1 is 1.53 bits per heavy atom. The molecule has 2 unspecified atom stereocenters. The van der Waals surface area contributed by atoms with Crippen molar-refractivity contribution in [2.24, 2.45) is 0 Å². The lowest BCUT2D eigenvalue weighted by Gasteiger charge is -2.37. The van der Waals surface area contributed by atoms with Crippen LogP contribution in [0.25, 0.3) is 0 Å². The maximum Gasteiger partial charge on any atom is 0.142 e. The Kier molecular flexibility index (Phi) is 4.82. The number of benzene rings is 1. The fourth-order valence-corrected chi connectivity index (χ4v) is 2.82. The maximum atomic E-state index is 13.4. The van der Waals surface area contributed by atoms with E-state index >= 15 is 0 Å². The average Bonchev–Trinajstić information content (AvgIpc) is 2.34. The lowest BCUT2D eigenvalue weighted by Crippen LogP contribution is -2.42. The van der Waals surface area contributed by atoms with Crippen molar-refractivity contribution in [1.82, 2.24) is 0 Å². The van der Waals surface area contributed by atoms with E-state index in [1.165, 1.54) is 6.07 Å². The van der Waals surface area contributed by atoms with E-state index < -0.39 is 11.4 Å². The molecule has 0 spiro atoms. The average molecular weight is 287 g/mol. The number of ether oxygens (including phenoxy) is 1. The Morgan fingerprint density at radius 2 is 2.32 bits per heavy atom. The van der Waals surface area contributed by atoms with Gasteiger partial charge in [0.05, 0.1) is 16.7 Å². The fourth-order valence-electron chi connectivity index (χ4n) is 2.70. The molecule has 1 aromatic rings. The first-order valence-electron chi connectivity index (χ1n) is 6.80. The smallest absolute Gasteiger partial charge is 0.142 e. The van der Waals surface area contributed by atoms with Crippen molar-refractivity contribution in [3.05, 3.63) is 34.6 Å². The van der Waals surface area contributed by atoms with Crippen molar-refractivity contribution in [3.8, 4) is 0 Å². The van der Waals surface area contributed by atoms with Crippen LogP contribution in [-0.2, 0) is 11.2 Å². The Balaban J connectivity index is 2.05. The van der Waals surface area contributed by atoms with Crippen LogP contribution in [-0.4, -0.2) is 23.4 Å². The predicted octanol–water partition coefficient (Wildman–Crippen LogP) is 3.73. The van der Waals surface area contributed by atoms with Crippen molar-refractivity contribution in [2.75, 3.05) is 6.61 Å². The summed E-state index contributed by atoms with van der Waals surface area (Å²) in [5.74, 6) is -0.431. The monoisotopic (exact) mass is 286 g/mol. The summed E-state index contributed by atoms with van der Waals surface area (Å²) < 4.78 is 19.1. The molecule has 19 heavy (non-hydrogen) atoms. The Labute approximate surface area is 118 Å². The zero-order valence-corrected chi connectivity index (χ0v) is 11.9. The van der Waals surface area contributed by atoms with Gasteiger partial charge < -0.3 is 9.84 Å². The van der Waals surface area contributed by atoms with Crippen LogP contribution in [0.1, 0.15) is 38.2 Å². The topological polar surface area (TPSA) is 29.5 Å². The quantitative estimate of drug-likeness (QED) is 0.914. The third-order valence-corrected chi connectivity index (χ3v) is 3.96. The maximum absolute atomic E-state index is 13.4. The molecule has 1 N–H and O–H groups in total. The van der Waals surface area contributed by atoms with Gasteiger partial charge in [-0.05, 0) is 30.5 Å². The van der Waals surface area contributed by atoms with Crippen LogP contribution in [0, 0.1) is 5.82 Å². The van der Waals surface area contributed by atoms with Crippen LogP contribution in [0.2, 0.25) is 5.02 Å². The Hall–Kier alpha value is -0.640. The van der Waals surface area contributed by atoms with E-state index in [2.05, 4.69) is 6.92 Å². The third-order valence-electron chi connectivity index (χ3n) is 3.66. The van der Waals surface area contributed by atoms with Gasteiger partial charge in [0.2, 0.25) is 0 Å². The molecule has 0 radical (unpaired) electrons. The molecule has 1 aliphatic heterocycles. The molecule has 4 heteroatoms. The molecule has 1 heterocycles. The van der Waals surface area contributed by atoms with Gasteiger partial charge in [-0.25, -0.2) is 4.39 Å². The first-order valence-corrected chi connectivity index (χ1v) is 7.18. The van der Waals surface area contributed by atoms with E-state index in [0.29, 0.717) is 25.9 Å². The minimum absolute atomic E-state index is 0.112. The van der Waals surface area contributed by atoms with Crippen LogP contribution >= 0.6 is 11.6 Å². The van der Waals surface area contributed by atoms with Crippen LogP contribution < -0.4 is 0 Å². The molecule has 2 atom stereocenters. The number of hydrogen-bond donors (Lipinski definition) is 1. The SMILES string of the molecule is CCCC1CC(O)(Cc2ccc(Cl)c(F)c2)CCO1. The van der Waals surface area contributed by atoms with Gasteiger partial charge in [0.25, 0.3) is 0 Å². The van der Waals surface area contributed by atoms with Crippen molar-refractivity contribution in [2.45, 2.75) is 50.7 Å². The van der Waals surface area contributed by atoms with E-state index in [1.54, 1.807) is 12.1 Å². The van der Waals surface area contributed by atoms with Crippen molar-refractivity contribution < 1.29 is 14.2 Å². The minimum atomic E-state index is -0.793. The van der Waals surface area contributed by atoms with Crippen LogP contribution in [0.5, 0.6) is 0 Å². The Morgan fingerprint density at radius 3 is 3.00 bits per heavy atom. The molecule has 0 saturated carbocycles. The molecule has 2 rings (SSSR count). The van der Waals surface area contributed by atoms with Gasteiger partial charge in [-0.3, -0.25) is 0 Å². The summed E-state index contributed by atoms with van der Waals surface area (Å²) in [5.41, 5.74) is -0.0141. The zero-order chi connectivity index (χ0) is 13.9. The summed E-state index contributed by atoms with van der Waals surface area (Å²) in [6.45, 7) is 2.67. The van der Waals surface area contributed by atoms with E-state index in [-0.39, 0.29) is 11.1 Å². The van der Waals surface area contributed by atoms with Gasteiger partial charge in [-0.1, -0.05) is 31.0 Å². The molecule has 0 amide bonds. The number of hydrogen-bond acceptors (Lipinski definition) is 2. The third kappa shape index (κ3) is 3.91. The zero-order valence-electron chi connectivity index (χ0n) is 11.2. The van der Waals surface area contributed by atoms with Gasteiger partial charge in [0, 0.05) is 19.4 Å². The van der Waals surface area contributed by atoms with Crippen molar-refractivity contribution >= 4 is 11.6 Å². The van der Waals surface area contributed by atoms with E-state index in [1.807, 2.05) is 0 Å². The largest absolute Gasteiger partial charge is 0.389 e. The number of rotatable bonds is 4. The van der Waals surface area contributed by atoms with Crippen LogP contribution in [0.4, 0.5) is 4.39 Å². The summed E-state index contributed by atoms with van der Waals surface area (Å²) in [5, 5.41) is 10.8. The second kappa shape index (κ2) is 6.21. The summed E-state index contributed by atoms with van der Waals surface area (Å²) in [4.78, 5) is 0. The van der Waals surface area contributed by atoms with Gasteiger partial charge in [-0.15, -0.1) is 0 Å². The van der Waals surface area contributed by atoms with Gasteiger partial charge in [-0.2, -0.15) is 0 Å². The van der Waals surface area contributed by atoms with Crippen LogP contribution in [0.3, 0.4) is 0 Å². The summed E-state index contributed by atoms with van der Waals surface area (Å²) in [7, 11) is 0. The van der Waals surface area contributed by atoms with Gasteiger partial charge >= 0.3 is 0 Å². The lowest BCUT2D eigenvalue weighted by molar-refractivity contribution is -0.105. The number of halogens is 2. The second-order valence-electron chi connectivity index (χ2n) is 5.39. The summed E-state index contributed by atoms with van der Waals surface area (Å²) in [6.07, 6.45) is 3.77. The molecular formula is C15H20ClFO2. The van der Waals surface area contributed by atoms with Crippen molar-refractivity contribution in [1.29, 1.82) is 0 Å². The Bertz CT molecular complexity index is 436. The van der Waals surface area contributed by atoms with E-state index in [4.69, 9.17) is 16.3 Å². The molecule has 1 fully saturated rings. The molecule has 1 aliphatic rings. The predicted molar refractivity (Wildman–Crippen MR) is 73.9 cm³/mol. The van der Waals surface area contributed by atoms with Crippen molar-refractivity contribution in [3.63, 3.8) is 0 Å². The van der Waals surface area contributed by atoms with Gasteiger partial charge in [0.15, 0.2) is 0 Å². The lowest BCUT2D eigenvalue weighted by atomic mass is 9.83. The fraction of sp³-hybridized carbons (Fsp3) is 0.600. The highest BCUT2D eigenvalue weighted by molar-refractivity contribution is 6.30. The highest BCUT2D eigenvalue weighted by Gasteiger charge is 2.34. The summed E-state index contributed by atoms with van der Waals surface area (Å²) >= 11 is 5.67. The van der Waals surface area contributed by atoms with E-state index in [0.717, 1.165) is 18.4 Å². The molecule has 0 aliphatic carbocycles. The first-order chi connectivity index (χ1) is 9.02. The normalized spacial score (nSPS) is 27.5. The minimum Gasteiger partial charge on any atom is -0.389 e. The van der Waals surface area contributed by atoms with Gasteiger partial charge in [0.1, 0.15) is 5.82 Å². The van der Waals surface area contributed by atoms with Crippen LogP contribution in [0.15, 0.2) is 18.2 Å². The molecular weight excluding hydrogens is 267 g/mol. The molecule has 0 bridgehead atoms.